The Morgan fingerprint density at radius 1 is 1.29 bits per heavy atom. The Morgan fingerprint density at radius 2 is 2.10 bits per heavy atom. The summed E-state index contributed by atoms with van der Waals surface area (Å²) in [5, 5.41) is 6.27. The molecule has 31 heavy (non-hydrogen) atoms. The summed E-state index contributed by atoms with van der Waals surface area (Å²) in [6.45, 7) is 4.79. The minimum atomic E-state index is -0.164. The van der Waals surface area contributed by atoms with E-state index in [9.17, 15) is 4.79 Å². The van der Waals surface area contributed by atoms with Crippen molar-refractivity contribution < 1.29 is 19.0 Å². The predicted octanol–water partition coefficient (Wildman–Crippen LogP) is 5.28. The first-order valence-electron chi connectivity index (χ1n) is 10.1. The number of carbonyl (C=O) groups excluding carboxylic acids is 1. The number of rotatable bonds is 8. The van der Waals surface area contributed by atoms with Crippen LogP contribution in [0.2, 0.25) is 5.02 Å². The van der Waals surface area contributed by atoms with Crippen molar-refractivity contribution in [1.29, 1.82) is 0 Å². The van der Waals surface area contributed by atoms with Crippen molar-refractivity contribution in [3.05, 3.63) is 63.1 Å². The summed E-state index contributed by atoms with van der Waals surface area (Å²) in [5.41, 5.74) is 2.40. The first kappa shape index (κ1) is 21.5. The first-order valence-corrected chi connectivity index (χ1v) is 11.3. The normalized spacial score (nSPS) is 14.6. The molecule has 0 bridgehead atoms. The maximum atomic E-state index is 12.6. The molecule has 0 saturated carbocycles. The van der Waals surface area contributed by atoms with E-state index in [0.29, 0.717) is 35.4 Å². The summed E-state index contributed by atoms with van der Waals surface area (Å²) in [5.74, 6) is 2.00. The molecule has 1 aromatic heterocycles. The SMILES string of the molecule is CCOc1cc2c(cc1NC(=O)Cc1csc(COc3ccc(Cl)cc3)n1)OC(C)C2. The summed E-state index contributed by atoms with van der Waals surface area (Å²) < 4.78 is 17.3. The van der Waals surface area contributed by atoms with E-state index in [1.165, 1.54) is 11.3 Å². The third-order valence-electron chi connectivity index (χ3n) is 4.69. The lowest BCUT2D eigenvalue weighted by Gasteiger charge is -2.13. The van der Waals surface area contributed by atoms with Crippen molar-refractivity contribution in [2.75, 3.05) is 11.9 Å². The van der Waals surface area contributed by atoms with E-state index < -0.39 is 0 Å². The lowest BCUT2D eigenvalue weighted by atomic mass is 10.1. The number of halogens is 1. The molecular formula is C23H23ClN2O4S. The molecular weight excluding hydrogens is 436 g/mol. The van der Waals surface area contributed by atoms with Gasteiger partial charge in [0.1, 0.15) is 35.0 Å². The molecule has 1 atom stereocenters. The lowest BCUT2D eigenvalue weighted by molar-refractivity contribution is -0.115. The quantitative estimate of drug-likeness (QED) is 0.497. The number of benzene rings is 2. The van der Waals surface area contributed by atoms with E-state index in [0.717, 1.165) is 28.5 Å². The van der Waals surface area contributed by atoms with E-state index in [1.54, 1.807) is 24.3 Å². The second-order valence-electron chi connectivity index (χ2n) is 7.22. The molecule has 162 valence electrons. The Hall–Kier alpha value is -2.77. The predicted molar refractivity (Wildman–Crippen MR) is 122 cm³/mol. The number of amides is 1. The molecule has 0 saturated heterocycles. The largest absolute Gasteiger partial charge is 0.492 e. The summed E-state index contributed by atoms with van der Waals surface area (Å²) >= 11 is 7.34. The summed E-state index contributed by atoms with van der Waals surface area (Å²) in [6, 6.07) is 11.0. The minimum Gasteiger partial charge on any atom is -0.492 e. The van der Waals surface area contributed by atoms with Gasteiger partial charge in [0.25, 0.3) is 0 Å². The van der Waals surface area contributed by atoms with Crippen LogP contribution in [0.15, 0.2) is 41.8 Å². The molecule has 2 aromatic carbocycles. The van der Waals surface area contributed by atoms with Crippen molar-refractivity contribution in [2.45, 2.75) is 39.4 Å². The molecule has 0 fully saturated rings. The van der Waals surface area contributed by atoms with Crippen molar-refractivity contribution in [1.82, 2.24) is 4.98 Å². The second-order valence-corrected chi connectivity index (χ2v) is 8.60. The van der Waals surface area contributed by atoms with Crippen LogP contribution in [0, 0.1) is 0 Å². The van der Waals surface area contributed by atoms with Gasteiger partial charge in [-0.2, -0.15) is 0 Å². The maximum Gasteiger partial charge on any atom is 0.230 e. The fourth-order valence-corrected chi connectivity index (χ4v) is 4.17. The van der Waals surface area contributed by atoms with Crippen LogP contribution in [-0.2, 0) is 24.2 Å². The van der Waals surface area contributed by atoms with Gasteiger partial charge in [0, 0.05) is 28.5 Å². The van der Waals surface area contributed by atoms with E-state index in [2.05, 4.69) is 10.3 Å². The number of fused-ring (bicyclic) bond motifs is 1. The number of hydrogen-bond donors (Lipinski definition) is 1. The van der Waals surface area contributed by atoms with Gasteiger partial charge >= 0.3 is 0 Å². The standard InChI is InChI=1S/C23H23ClN2O4S/c1-3-28-21-9-15-8-14(2)30-20(15)11-19(21)26-22(27)10-17-13-31-23(25-17)12-29-18-6-4-16(24)5-7-18/h4-7,9,11,13-14H,3,8,10,12H2,1-2H3,(H,26,27). The summed E-state index contributed by atoms with van der Waals surface area (Å²) in [4.78, 5) is 17.1. The fraction of sp³-hybridized carbons (Fsp3) is 0.304. The number of hydrogen-bond acceptors (Lipinski definition) is 6. The Labute approximate surface area is 190 Å². The lowest BCUT2D eigenvalue weighted by Crippen LogP contribution is -2.15. The smallest absolute Gasteiger partial charge is 0.230 e. The minimum absolute atomic E-state index is 0.124. The number of anilines is 1. The molecule has 1 aliphatic rings. The Kier molecular flexibility index (Phi) is 6.63. The van der Waals surface area contributed by atoms with Crippen LogP contribution in [0.4, 0.5) is 5.69 Å². The Bertz CT molecular complexity index is 1070. The second kappa shape index (κ2) is 9.58. The molecule has 6 nitrogen and oxygen atoms in total. The van der Waals surface area contributed by atoms with Crippen LogP contribution in [-0.4, -0.2) is 23.6 Å². The molecule has 0 radical (unpaired) electrons. The molecule has 1 amide bonds. The van der Waals surface area contributed by atoms with E-state index in [1.807, 2.05) is 31.4 Å². The van der Waals surface area contributed by atoms with Crippen LogP contribution in [0.3, 0.4) is 0 Å². The Balaban J connectivity index is 1.37. The highest BCUT2D eigenvalue weighted by atomic mass is 35.5. The zero-order chi connectivity index (χ0) is 21.8. The van der Waals surface area contributed by atoms with E-state index in [-0.39, 0.29) is 18.4 Å². The number of thiazole rings is 1. The highest BCUT2D eigenvalue weighted by Gasteiger charge is 2.22. The van der Waals surface area contributed by atoms with Crippen LogP contribution >= 0.6 is 22.9 Å². The van der Waals surface area contributed by atoms with Crippen LogP contribution in [0.5, 0.6) is 17.2 Å². The topological polar surface area (TPSA) is 69.7 Å². The van der Waals surface area contributed by atoms with Gasteiger partial charge in [0.05, 0.1) is 24.4 Å². The molecule has 1 unspecified atom stereocenters. The average Bonchev–Trinajstić information content (AvgIpc) is 3.33. The molecule has 0 spiro atoms. The molecule has 8 heteroatoms. The van der Waals surface area contributed by atoms with Gasteiger partial charge < -0.3 is 19.5 Å². The van der Waals surface area contributed by atoms with Crippen LogP contribution in [0.25, 0.3) is 0 Å². The Morgan fingerprint density at radius 3 is 2.87 bits per heavy atom. The van der Waals surface area contributed by atoms with Crippen molar-refractivity contribution in [2.24, 2.45) is 0 Å². The van der Waals surface area contributed by atoms with Crippen molar-refractivity contribution in [3.8, 4) is 17.2 Å². The molecule has 4 rings (SSSR count). The number of nitrogens with one attached hydrogen (secondary N) is 1. The molecule has 0 aliphatic carbocycles. The number of nitrogens with zero attached hydrogens (tertiary/aromatic N) is 1. The van der Waals surface area contributed by atoms with Gasteiger partial charge in [-0.15, -0.1) is 11.3 Å². The highest BCUT2D eigenvalue weighted by Crippen LogP contribution is 2.38. The number of ether oxygens (including phenoxy) is 3. The van der Waals surface area contributed by atoms with Gasteiger partial charge in [-0.1, -0.05) is 11.6 Å². The van der Waals surface area contributed by atoms with Gasteiger partial charge in [-0.05, 0) is 44.2 Å². The summed E-state index contributed by atoms with van der Waals surface area (Å²) in [6.07, 6.45) is 1.12. The summed E-state index contributed by atoms with van der Waals surface area (Å²) in [7, 11) is 0. The zero-order valence-corrected chi connectivity index (χ0v) is 18.9. The molecule has 1 N–H and O–H groups in total. The third-order valence-corrected chi connectivity index (χ3v) is 5.81. The molecule has 1 aliphatic heterocycles. The monoisotopic (exact) mass is 458 g/mol. The van der Waals surface area contributed by atoms with Crippen LogP contribution in [0.1, 0.15) is 30.1 Å². The van der Waals surface area contributed by atoms with E-state index >= 15 is 0 Å². The van der Waals surface area contributed by atoms with Gasteiger partial charge in [0.15, 0.2) is 0 Å². The zero-order valence-electron chi connectivity index (χ0n) is 17.3. The van der Waals surface area contributed by atoms with Crippen LogP contribution < -0.4 is 19.5 Å². The average molecular weight is 459 g/mol. The third kappa shape index (κ3) is 5.48. The van der Waals surface area contributed by atoms with E-state index in [4.69, 9.17) is 25.8 Å². The van der Waals surface area contributed by atoms with Gasteiger partial charge in [-0.3, -0.25) is 4.79 Å². The van der Waals surface area contributed by atoms with Crippen molar-refractivity contribution in [3.63, 3.8) is 0 Å². The van der Waals surface area contributed by atoms with Gasteiger partial charge in [-0.25, -0.2) is 4.98 Å². The molecule has 2 heterocycles. The fourth-order valence-electron chi connectivity index (χ4n) is 3.34. The maximum absolute atomic E-state index is 12.6. The van der Waals surface area contributed by atoms with Gasteiger partial charge in [0.2, 0.25) is 5.91 Å². The van der Waals surface area contributed by atoms with Crippen molar-refractivity contribution >= 4 is 34.5 Å². The number of carbonyl (C=O) groups is 1. The molecule has 3 aromatic rings. The number of aromatic nitrogens is 1. The highest BCUT2D eigenvalue weighted by molar-refractivity contribution is 7.09. The first-order chi connectivity index (χ1) is 15.0.